The fourth-order valence-electron chi connectivity index (χ4n) is 2.76. The molecule has 156 valence electrons. The minimum absolute atomic E-state index is 0.0413. The molecule has 5 nitrogen and oxygen atoms in total. The number of phenols is 1. The summed E-state index contributed by atoms with van der Waals surface area (Å²) >= 11 is 0.751. The predicted molar refractivity (Wildman–Crippen MR) is 102 cm³/mol. The number of hydrogen-bond donors (Lipinski definition) is 3. The lowest BCUT2D eigenvalue weighted by Crippen LogP contribution is -2.14. The molecule has 0 saturated carbocycles. The Bertz CT molecular complexity index is 1160. The fourth-order valence-corrected chi connectivity index (χ4v) is 3.71. The van der Waals surface area contributed by atoms with Gasteiger partial charge in [0.1, 0.15) is 16.3 Å². The quantitative estimate of drug-likeness (QED) is 0.452. The van der Waals surface area contributed by atoms with Gasteiger partial charge in [-0.15, -0.1) is 11.3 Å². The molecule has 0 unspecified atom stereocenters. The zero-order valence-electron chi connectivity index (χ0n) is 15.2. The molecular weight excluding hydrogens is 426 g/mol. The molecule has 1 heterocycles. The van der Waals surface area contributed by atoms with E-state index in [2.05, 4.69) is 5.32 Å². The standard InChI is InChI=1S/C20H13F4NO4S/c1-8-2-4-10(16(22)15(8)21)12-7-30-19(14(12)20(28)29)25-18(27)11-5-3-9(17(23)24)6-13(11)26/h2-7,17,26H,1H3,(H,25,27)(H,28,29). The first-order valence-corrected chi connectivity index (χ1v) is 9.22. The van der Waals surface area contributed by atoms with Crippen molar-refractivity contribution >= 4 is 28.2 Å². The number of nitrogens with one attached hydrogen (secondary N) is 1. The first-order chi connectivity index (χ1) is 14.1. The van der Waals surface area contributed by atoms with Crippen LogP contribution in [0.3, 0.4) is 0 Å². The number of benzene rings is 2. The summed E-state index contributed by atoms with van der Waals surface area (Å²) in [5.74, 6) is -5.53. The van der Waals surface area contributed by atoms with E-state index in [1.54, 1.807) is 0 Å². The van der Waals surface area contributed by atoms with Crippen molar-refractivity contribution in [2.45, 2.75) is 13.3 Å². The first kappa shape index (κ1) is 21.3. The average molecular weight is 439 g/mol. The summed E-state index contributed by atoms with van der Waals surface area (Å²) in [7, 11) is 0. The van der Waals surface area contributed by atoms with Gasteiger partial charge >= 0.3 is 5.97 Å². The molecular formula is C20H13F4NO4S. The van der Waals surface area contributed by atoms with Crippen molar-refractivity contribution in [2.24, 2.45) is 0 Å². The summed E-state index contributed by atoms with van der Waals surface area (Å²) in [6, 6.07) is 5.15. The number of thiophene rings is 1. The molecule has 0 radical (unpaired) electrons. The Morgan fingerprint density at radius 1 is 1.07 bits per heavy atom. The van der Waals surface area contributed by atoms with Crippen molar-refractivity contribution in [2.75, 3.05) is 5.32 Å². The number of phenolic OH excluding ortho intramolecular Hbond substituents is 1. The number of anilines is 1. The highest BCUT2D eigenvalue weighted by molar-refractivity contribution is 7.15. The normalized spacial score (nSPS) is 11.0. The maximum Gasteiger partial charge on any atom is 0.339 e. The molecule has 1 amide bonds. The summed E-state index contributed by atoms with van der Waals surface area (Å²) in [6.07, 6.45) is -2.85. The number of aromatic hydroxyl groups is 1. The van der Waals surface area contributed by atoms with E-state index in [1.807, 2.05) is 0 Å². The smallest absolute Gasteiger partial charge is 0.339 e. The fraction of sp³-hybridized carbons (Fsp3) is 0.100. The SMILES string of the molecule is Cc1ccc(-c2csc(NC(=O)c3ccc(C(F)F)cc3O)c2C(=O)O)c(F)c1F. The average Bonchev–Trinajstić information content (AvgIpc) is 3.09. The van der Waals surface area contributed by atoms with Gasteiger partial charge < -0.3 is 15.5 Å². The number of carbonyl (C=O) groups is 2. The van der Waals surface area contributed by atoms with Gasteiger partial charge in [-0.3, -0.25) is 4.79 Å². The molecule has 30 heavy (non-hydrogen) atoms. The first-order valence-electron chi connectivity index (χ1n) is 8.34. The van der Waals surface area contributed by atoms with E-state index in [4.69, 9.17) is 0 Å². The summed E-state index contributed by atoms with van der Waals surface area (Å²) < 4.78 is 53.6. The molecule has 1 aromatic heterocycles. The monoisotopic (exact) mass is 439 g/mol. The number of aryl methyl sites for hydroxylation is 1. The van der Waals surface area contributed by atoms with Crippen molar-refractivity contribution in [1.29, 1.82) is 0 Å². The Morgan fingerprint density at radius 2 is 1.77 bits per heavy atom. The van der Waals surface area contributed by atoms with Crippen LogP contribution in [0.2, 0.25) is 0 Å². The largest absolute Gasteiger partial charge is 0.507 e. The van der Waals surface area contributed by atoms with Gasteiger partial charge in [0.05, 0.1) is 5.56 Å². The third-order valence-corrected chi connectivity index (χ3v) is 5.21. The lowest BCUT2D eigenvalue weighted by Gasteiger charge is -2.09. The number of amides is 1. The molecule has 3 aromatic rings. The number of halogens is 4. The highest BCUT2D eigenvalue weighted by atomic mass is 32.1. The number of hydrogen-bond acceptors (Lipinski definition) is 4. The summed E-state index contributed by atoms with van der Waals surface area (Å²) in [6.45, 7) is 1.35. The lowest BCUT2D eigenvalue weighted by molar-refractivity contribution is 0.0699. The van der Waals surface area contributed by atoms with Crippen LogP contribution in [0, 0.1) is 18.6 Å². The topological polar surface area (TPSA) is 86.6 Å². The Kier molecular flexibility index (Phi) is 5.79. The number of carboxylic acid groups (broad SMARTS) is 1. The van der Waals surface area contributed by atoms with Gasteiger partial charge in [-0.25, -0.2) is 22.4 Å². The second-order valence-electron chi connectivity index (χ2n) is 6.25. The van der Waals surface area contributed by atoms with Crippen LogP contribution in [-0.2, 0) is 0 Å². The van der Waals surface area contributed by atoms with Crippen molar-refractivity contribution < 1.29 is 37.4 Å². The summed E-state index contributed by atoms with van der Waals surface area (Å²) in [5, 5.41) is 22.7. The molecule has 0 bridgehead atoms. The van der Waals surface area contributed by atoms with Gasteiger partial charge in [0.25, 0.3) is 12.3 Å². The second-order valence-corrected chi connectivity index (χ2v) is 7.13. The third-order valence-electron chi connectivity index (χ3n) is 4.32. The molecule has 0 fully saturated rings. The van der Waals surface area contributed by atoms with E-state index < -0.39 is 46.8 Å². The number of aromatic carboxylic acids is 1. The number of carbonyl (C=O) groups excluding carboxylic acids is 1. The van der Waals surface area contributed by atoms with Gasteiger partial charge in [-0.2, -0.15) is 0 Å². The lowest BCUT2D eigenvalue weighted by atomic mass is 10.0. The zero-order valence-corrected chi connectivity index (χ0v) is 16.0. The van der Waals surface area contributed by atoms with Gasteiger partial charge in [0, 0.05) is 22.1 Å². The Morgan fingerprint density at radius 3 is 2.37 bits per heavy atom. The molecule has 0 aliphatic carbocycles. The minimum Gasteiger partial charge on any atom is -0.507 e. The Balaban J connectivity index is 2.00. The van der Waals surface area contributed by atoms with E-state index in [0.29, 0.717) is 0 Å². The zero-order chi connectivity index (χ0) is 22.2. The molecule has 0 atom stereocenters. The Hall–Kier alpha value is -3.40. The van der Waals surface area contributed by atoms with Crippen LogP contribution < -0.4 is 5.32 Å². The van der Waals surface area contributed by atoms with E-state index >= 15 is 0 Å². The van der Waals surface area contributed by atoms with Gasteiger partial charge in [-0.05, 0) is 24.6 Å². The van der Waals surface area contributed by atoms with Crippen molar-refractivity contribution in [3.63, 3.8) is 0 Å². The number of alkyl halides is 2. The van der Waals surface area contributed by atoms with E-state index in [1.165, 1.54) is 24.4 Å². The maximum atomic E-state index is 14.3. The van der Waals surface area contributed by atoms with E-state index in [0.717, 1.165) is 29.5 Å². The van der Waals surface area contributed by atoms with Crippen LogP contribution >= 0.6 is 11.3 Å². The van der Waals surface area contributed by atoms with E-state index in [9.17, 15) is 37.4 Å². The number of carboxylic acids is 1. The summed E-state index contributed by atoms with van der Waals surface area (Å²) in [4.78, 5) is 24.2. The molecule has 3 N–H and O–H groups in total. The van der Waals surface area contributed by atoms with Crippen molar-refractivity contribution in [3.05, 3.63) is 69.6 Å². The molecule has 2 aromatic carbocycles. The van der Waals surface area contributed by atoms with Gasteiger partial charge in [0.15, 0.2) is 11.6 Å². The molecule has 0 aliphatic rings. The van der Waals surface area contributed by atoms with Crippen LogP contribution in [0.25, 0.3) is 11.1 Å². The van der Waals surface area contributed by atoms with Gasteiger partial charge in [0.2, 0.25) is 0 Å². The third kappa shape index (κ3) is 3.86. The summed E-state index contributed by atoms with van der Waals surface area (Å²) in [5.41, 5.74) is -1.73. The Labute approximate surface area is 171 Å². The highest BCUT2D eigenvalue weighted by Gasteiger charge is 2.25. The number of rotatable bonds is 5. The predicted octanol–water partition coefficient (Wildman–Crippen LogP) is 5.60. The molecule has 0 spiro atoms. The molecule has 0 aliphatic heterocycles. The van der Waals surface area contributed by atoms with Crippen molar-refractivity contribution in [1.82, 2.24) is 0 Å². The molecule has 10 heteroatoms. The second kappa shape index (κ2) is 8.15. The van der Waals surface area contributed by atoms with Crippen LogP contribution in [0.5, 0.6) is 5.75 Å². The van der Waals surface area contributed by atoms with Crippen LogP contribution in [0.15, 0.2) is 35.7 Å². The van der Waals surface area contributed by atoms with Crippen LogP contribution in [-0.4, -0.2) is 22.1 Å². The van der Waals surface area contributed by atoms with Crippen molar-refractivity contribution in [3.8, 4) is 16.9 Å². The van der Waals surface area contributed by atoms with E-state index in [-0.39, 0.29) is 27.3 Å². The van der Waals surface area contributed by atoms with Gasteiger partial charge in [-0.1, -0.05) is 18.2 Å². The highest BCUT2D eigenvalue weighted by Crippen LogP contribution is 2.38. The minimum atomic E-state index is -2.85. The molecule has 3 rings (SSSR count). The maximum absolute atomic E-state index is 14.3. The molecule has 0 saturated heterocycles. The van der Waals surface area contributed by atoms with Crippen LogP contribution in [0.1, 0.15) is 38.3 Å². The van der Waals surface area contributed by atoms with Crippen LogP contribution in [0.4, 0.5) is 22.6 Å².